The molecule has 12 nitrogen and oxygen atoms in total. The van der Waals surface area contributed by atoms with Crippen molar-refractivity contribution >= 4 is 17.9 Å². The molecular formula is C26H37F3N8O4. The van der Waals surface area contributed by atoms with E-state index in [0.29, 0.717) is 56.7 Å². The quantitative estimate of drug-likeness (QED) is 0.349. The second-order valence-corrected chi connectivity index (χ2v) is 10.3. The molecule has 226 valence electrons. The van der Waals surface area contributed by atoms with Crippen LogP contribution in [0.3, 0.4) is 0 Å². The molecule has 4 heterocycles. The minimum absolute atomic E-state index is 0.121. The van der Waals surface area contributed by atoms with Crippen LogP contribution >= 0.6 is 0 Å². The molecule has 0 aromatic carbocycles. The molecule has 41 heavy (non-hydrogen) atoms. The van der Waals surface area contributed by atoms with Gasteiger partial charge in [0.25, 0.3) is 11.9 Å². The van der Waals surface area contributed by atoms with Crippen molar-refractivity contribution in [3.63, 3.8) is 0 Å². The number of aromatic nitrogens is 3. The number of hydrogen-bond acceptors (Lipinski definition) is 10. The van der Waals surface area contributed by atoms with Gasteiger partial charge in [-0.15, -0.1) is 10.2 Å². The smallest absolute Gasteiger partial charge is 0.411 e. The number of halogens is 3. The van der Waals surface area contributed by atoms with Gasteiger partial charge in [0.15, 0.2) is 12.1 Å². The Bertz CT molecular complexity index is 1180. The summed E-state index contributed by atoms with van der Waals surface area (Å²) in [6.07, 6.45) is 0.300. The number of amidine groups is 1. The first-order chi connectivity index (χ1) is 19.6. The lowest BCUT2D eigenvalue weighted by Crippen LogP contribution is -2.51. The monoisotopic (exact) mass is 582 g/mol. The SMILES string of the molecule is CCOC(=O)c1nnc2n1CCN(C/C=C\C(=C/NC)NC(=O)C1CC(C(F)(F)F)N=C(N3CCCC(C)C3)O1)C2. The van der Waals surface area contributed by atoms with Crippen molar-refractivity contribution in [1.82, 2.24) is 35.2 Å². The Kier molecular flexibility index (Phi) is 9.89. The van der Waals surface area contributed by atoms with Crippen molar-refractivity contribution in [2.75, 3.05) is 39.8 Å². The van der Waals surface area contributed by atoms with Gasteiger partial charge in [0.2, 0.25) is 5.82 Å². The van der Waals surface area contributed by atoms with Crippen molar-refractivity contribution in [3.05, 3.63) is 35.7 Å². The number of nitrogens with zero attached hydrogens (tertiary/aromatic N) is 6. The fourth-order valence-electron chi connectivity index (χ4n) is 5.02. The summed E-state index contributed by atoms with van der Waals surface area (Å²) >= 11 is 0. The third kappa shape index (κ3) is 7.77. The molecule has 1 fully saturated rings. The van der Waals surface area contributed by atoms with Crippen molar-refractivity contribution in [1.29, 1.82) is 0 Å². The lowest BCUT2D eigenvalue weighted by molar-refractivity contribution is -0.160. The highest BCUT2D eigenvalue weighted by Gasteiger charge is 2.47. The van der Waals surface area contributed by atoms with Crippen LogP contribution in [0.2, 0.25) is 0 Å². The highest BCUT2D eigenvalue weighted by atomic mass is 19.4. The first kappa shape index (κ1) is 30.3. The molecule has 0 spiro atoms. The average molecular weight is 583 g/mol. The third-order valence-corrected chi connectivity index (χ3v) is 7.07. The Morgan fingerprint density at radius 1 is 1.22 bits per heavy atom. The summed E-state index contributed by atoms with van der Waals surface area (Å²) in [7, 11) is 1.65. The molecule has 0 saturated carbocycles. The van der Waals surface area contributed by atoms with Crippen LogP contribution in [0.15, 0.2) is 29.0 Å². The maximum atomic E-state index is 13.7. The molecular weight excluding hydrogens is 545 g/mol. The van der Waals surface area contributed by atoms with Gasteiger partial charge in [-0.2, -0.15) is 13.2 Å². The molecule has 4 rings (SSSR count). The van der Waals surface area contributed by atoms with Crippen LogP contribution in [0.1, 0.15) is 49.6 Å². The number of likely N-dealkylation sites (tertiary alicyclic amines) is 1. The molecule has 0 bridgehead atoms. The van der Waals surface area contributed by atoms with E-state index in [0.717, 1.165) is 12.8 Å². The number of carbonyl (C=O) groups is 2. The molecule has 3 aliphatic rings. The normalized spacial score (nSPS) is 24.0. The van der Waals surface area contributed by atoms with Gasteiger partial charge in [-0.25, -0.2) is 9.79 Å². The van der Waals surface area contributed by atoms with Gasteiger partial charge in [-0.1, -0.05) is 13.0 Å². The van der Waals surface area contributed by atoms with E-state index in [-0.39, 0.29) is 18.5 Å². The van der Waals surface area contributed by atoms with Gasteiger partial charge in [0, 0.05) is 52.4 Å². The summed E-state index contributed by atoms with van der Waals surface area (Å²) in [5.41, 5.74) is 0.366. The number of fused-ring (bicyclic) bond motifs is 1. The van der Waals surface area contributed by atoms with Crippen LogP contribution in [0.4, 0.5) is 13.2 Å². The number of rotatable bonds is 8. The zero-order valence-corrected chi connectivity index (χ0v) is 23.5. The third-order valence-electron chi connectivity index (χ3n) is 7.07. The Balaban J connectivity index is 1.37. The molecule has 1 aromatic heterocycles. The number of esters is 1. The number of hydrogen-bond donors (Lipinski definition) is 2. The molecule has 1 aromatic rings. The minimum Gasteiger partial charge on any atom is -0.460 e. The number of piperidine rings is 1. The van der Waals surface area contributed by atoms with Crippen molar-refractivity contribution in [2.24, 2.45) is 10.9 Å². The summed E-state index contributed by atoms with van der Waals surface area (Å²) in [4.78, 5) is 32.8. The Morgan fingerprint density at radius 3 is 2.73 bits per heavy atom. The summed E-state index contributed by atoms with van der Waals surface area (Å²) in [5, 5.41) is 13.6. The number of carbonyl (C=O) groups excluding carboxylic acids is 2. The minimum atomic E-state index is -4.59. The number of aliphatic imine (C=N–C) groups is 1. The molecule has 3 unspecified atom stereocenters. The van der Waals surface area contributed by atoms with Gasteiger partial charge in [-0.05, 0) is 31.8 Å². The summed E-state index contributed by atoms with van der Waals surface area (Å²) in [6.45, 7) is 7.16. The zero-order valence-electron chi connectivity index (χ0n) is 23.5. The largest absolute Gasteiger partial charge is 0.460 e. The van der Waals surface area contributed by atoms with Gasteiger partial charge in [-0.3, -0.25) is 9.69 Å². The van der Waals surface area contributed by atoms with Gasteiger partial charge in [0.05, 0.1) is 18.8 Å². The molecule has 3 atom stereocenters. The van der Waals surface area contributed by atoms with Gasteiger partial charge < -0.3 is 29.6 Å². The fraction of sp³-hybridized carbons (Fsp3) is 0.654. The molecule has 3 aliphatic heterocycles. The fourth-order valence-corrected chi connectivity index (χ4v) is 5.02. The van der Waals surface area contributed by atoms with E-state index in [1.165, 1.54) is 6.20 Å². The standard InChI is InChI=1S/C26H37F3N8O4/c1-4-40-24(39)22-34-33-21-16-35(11-12-37(21)22)9-6-8-18(14-30-3)31-23(38)19-13-20(26(27,28)29)32-25(41-19)36-10-5-7-17(2)15-36/h6,8,14,17,19-20,30H,4-5,7,9-13,15-16H2,1-3H3,(H,31,38)/b8-6-,18-14+. The van der Waals surface area contributed by atoms with Crippen LogP contribution < -0.4 is 10.6 Å². The first-order valence-electron chi connectivity index (χ1n) is 13.8. The van der Waals surface area contributed by atoms with E-state index < -0.39 is 36.6 Å². The highest BCUT2D eigenvalue weighted by Crippen LogP contribution is 2.31. The molecule has 0 aliphatic carbocycles. The van der Waals surface area contributed by atoms with Crippen LogP contribution in [-0.4, -0.2) is 101 Å². The van der Waals surface area contributed by atoms with E-state index in [1.807, 2.05) is 13.0 Å². The summed E-state index contributed by atoms with van der Waals surface area (Å²) < 4.78 is 53.6. The maximum Gasteiger partial charge on any atom is 0.411 e. The van der Waals surface area contributed by atoms with E-state index in [4.69, 9.17) is 9.47 Å². The summed E-state index contributed by atoms with van der Waals surface area (Å²) in [6, 6.07) is -2.14. The van der Waals surface area contributed by atoms with Crippen molar-refractivity contribution in [3.8, 4) is 0 Å². The topological polar surface area (TPSA) is 126 Å². The number of amides is 1. The molecule has 1 saturated heterocycles. The molecule has 0 radical (unpaired) electrons. The summed E-state index contributed by atoms with van der Waals surface area (Å²) in [5.74, 6) is -0.0781. The lowest BCUT2D eigenvalue weighted by Gasteiger charge is -2.37. The molecule has 2 N–H and O–H groups in total. The second kappa shape index (κ2) is 13.4. The van der Waals surface area contributed by atoms with Gasteiger partial charge in [0.1, 0.15) is 5.82 Å². The van der Waals surface area contributed by atoms with E-state index in [2.05, 4.69) is 30.7 Å². The predicted molar refractivity (Wildman–Crippen MR) is 142 cm³/mol. The van der Waals surface area contributed by atoms with E-state index in [1.54, 1.807) is 29.5 Å². The number of nitrogens with one attached hydrogen (secondary N) is 2. The average Bonchev–Trinajstić information content (AvgIpc) is 3.36. The van der Waals surface area contributed by atoms with Crippen molar-refractivity contribution in [2.45, 2.75) is 64.5 Å². The molecule has 1 amide bonds. The van der Waals surface area contributed by atoms with Crippen LogP contribution in [0.25, 0.3) is 0 Å². The zero-order chi connectivity index (χ0) is 29.6. The van der Waals surface area contributed by atoms with E-state index >= 15 is 0 Å². The Labute approximate surface area is 236 Å². The first-order valence-corrected chi connectivity index (χ1v) is 13.8. The van der Waals surface area contributed by atoms with Crippen LogP contribution in [0, 0.1) is 5.92 Å². The van der Waals surface area contributed by atoms with Crippen LogP contribution in [-0.2, 0) is 27.4 Å². The number of alkyl halides is 3. The lowest BCUT2D eigenvalue weighted by atomic mass is 10.0. The van der Waals surface area contributed by atoms with Crippen LogP contribution in [0.5, 0.6) is 0 Å². The second-order valence-electron chi connectivity index (χ2n) is 10.3. The number of allylic oxidation sites excluding steroid dienone is 1. The van der Waals surface area contributed by atoms with E-state index in [9.17, 15) is 22.8 Å². The van der Waals surface area contributed by atoms with Crippen molar-refractivity contribution < 1.29 is 32.2 Å². The van der Waals surface area contributed by atoms with Gasteiger partial charge >= 0.3 is 12.1 Å². The molecule has 15 heteroatoms. The maximum absolute atomic E-state index is 13.7. The number of ether oxygens (including phenoxy) is 2. The highest BCUT2D eigenvalue weighted by molar-refractivity contribution is 5.87. The Morgan fingerprint density at radius 2 is 2.02 bits per heavy atom. The Hall–Kier alpha value is -3.62. The predicted octanol–water partition coefficient (Wildman–Crippen LogP) is 1.81.